The minimum absolute atomic E-state index is 0.0133. The van der Waals surface area contributed by atoms with Crippen LogP contribution in [0.3, 0.4) is 0 Å². The zero-order valence-electron chi connectivity index (χ0n) is 14.0. The van der Waals surface area contributed by atoms with E-state index < -0.39 is 0 Å². The van der Waals surface area contributed by atoms with E-state index in [9.17, 15) is 14.0 Å². The maximum absolute atomic E-state index is 13.0. The predicted molar refractivity (Wildman–Crippen MR) is 90.7 cm³/mol. The van der Waals surface area contributed by atoms with Crippen LogP contribution in [0.25, 0.3) is 0 Å². The van der Waals surface area contributed by atoms with Gasteiger partial charge in [0.1, 0.15) is 18.2 Å². The second-order valence-corrected chi connectivity index (χ2v) is 5.85. The zero-order valence-corrected chi connectivity index (χ0v) is 14.0. The summed E-state index contributed by atoms with van der Waals surface area (Å²) in [6.45, 7) is 3.96. The molecule has 1 fully saturated rings. The predicted octanol–water partition coefficient (Wildman–Crippen LogP) is 1.39. The van der Waals surface area contributed by atoms with Gasteiger partial charge in [-0.3, -0.25) is 9.69 Å². The minimum atomic E-state index is -0.347. The Labute approximate surface area is 145 Å². The van der Waals surface area contributed by atoms with Crippen LogP contribution in [0.5, 0.6) is 0 Å². The SMILES string of the molecule is Cc1nccn1CCNC(=O)CN1CCN(c2ccc(F)cc2)C1=O. The van der Waals surface area contributed by atoms with E-state index in [-0.39, 0.29) is 24.3 Å². The molecule has 1 aromatic heterocycles. The van der Waals surface area contributed by atoms with E-state index in [1.807, 2.05) is 17.7 Å². The van der Waals surface area contributed by atoms with Crippen LogP contribution in [0.2, 0.25) is 0 Å². The third kappa shape index (κ3) is 3.96. The first kappa shape index (κ1) is 16.9. The first-order chi connectivity index (χ1) is 12.0. The van der Waals surface area contributed by atoms with Crippen LogP contribution >= 0.6 is 0 Å². The third-order valence-corrected chi connectivity index (χ3v) is 4.17. The summed E-state index contributed by atoms with van der Waals surface area (Å²) in [5.41, 5.74) is 0.630. The molecule has 2 heterocycles. The van der Waals surface area contributed by atoms with Crippen molar-refractivity contribution in [3.8, 4) is 0 Å². The van der Waals surface area contributed by atoms with Crippen molar-refractivity contribution < 1.29 is 14.0 Å². The fourth-order valence-electron chi connectivity index (χ4n) is 2.78. The van der Waals surface area contributed by atoms with Crippen LogP contribution in [-0.4, -0.2) is 52.6 Å². The molecule has 132 valence electrons. The molecule has 0 unspecified atom stereocenters. The van der Waals surface area contributed by atoms with Crippen molar-refractivity contribution >= 4 is 17.6 Å². The number of anilines is 1. The minimum Gasteiger partial charge on any atom is -0.353 e. The lowest BCUT2D eigenvalue weighted by Crippen LogP contribution is -2.40. The molecule has 1 aromatic carbocycles. The molecule has 0 aliphatic carbocycles. The number of aromatic nitrogens is 2. The molecule has 3 rings (SSSR count). The van der Waals surface area contributed by atoms with E-state index in [0.717, 1.165) is 5.82 Å². The van der Waals surface area contributed by atoms with Gasteiger partial charge in [0.15, 0.2) is 0 Å². The maximum Gasteiger partial charge on any atom is 0.325 e. The van der Waals surface area contributed by atoms with E-state index in [1.54, 1.807) is 23.2 Å². The molecule has 0 atom stereocenters. The highest BCUT2D eigenvalue weighted by atomic mass is 19.1. The van der Waals surface area contributed by atoms with Crippen LogP contribution in [0.1, 0.15) is 5.82 Å². The molecule has 0 bridgehead atoms. The van der Waals surface area contributed by atoms with Crippen LogP contribution in [-0.2, 0) is 11.3 Å². The summed E-state index contributed by atoms with van der Waals surface area (Å²) < 4.78 is 14.9. The fourth-order valence-corrected chi connectivity index (χ4v) is 2.78. The summed E-state index contributed by atoms with van der Waals surface area (Å²) in [7, 11) is 0. The number of imidazole rings is 1. The van der Waals surface area contributed by atoms with E-state index in [0.29, 0.717) is 31.9 Å². The summed E-state index contributed by atoms with van der Waals surface area (Å²) in [5, 5.41) is 2.81. The van der Waals surface area contributed by atoms with Gasteiger partial charge in [0, 0.05) is 44.3 Å². The number of nitrogens with one attached hydrogen (secondary N) is 1. The second kappa shape index (κ2) is 7.33. The summed E-state index contributed by atoms with van der Waals surface area (Å²) in [4.78, 5) is 31.6. The number of nitrogens with zero attached hydrogens (tertiary/aromatic N) is 4. The van der Waals surface area contributed by atoms with E-state index in [2.05, 4.69) is 10.3 Å². The van der Waals surface area contributed by atoms with Gasteiger partial charge in [-0.25, -0.2) is 14.2 Å². The highest BCUT2D eigenvalue weighted by Crippen LogP contribution is 2.20. The molecule has 8 heteroatoms. The Morgan fingerprint density at radius 3 is 2.72 bits per heavy atom. The van der Waals surface area contributed by atoms with Crippen molar-refractivity contribution in [3.05, 3.63) is 48.3 Å². The number of amides is 3. The standard InChI is InChI=1S/C17H20FN5O2/c1-13-19-6-8-21(13)9-7-20-16(24)12-22-10-11-23(17(22)25)15-4-2-14(18)3-5-15/h2-6,8H,7,9-12H2,1H3,(H,20,24). The lowest BCUT2D eigenvalue weighted by Gasteiger charge is -2.18. The van der Waals surface area contributed by atoms with Crippen LogP contribution in [0.4, 0.5) is 14.9 Å². The van der Waals surface area contributed by atoms with Crippen molar-refractivity contribution in [2.75, 3.05) is 31.1 Å². The van der Waals surface area contributed by atoms with E-state index in [1.165, 1.54) is 17.0 Å². The average Bonchev–Trinajstić information content (AvgIpc) is 3.15. The van der Waals surface area contributed by atoms with Gasteiger partial charge in [-0.05, 0) is 31.2 Å². The smallest absolute Gasteiger partial charge is 0.325 e. The van der Waals surface area contributed by atoms with Crippen molar-refractivity contribution in [1.82, 2.24) is 19.8 Å². The quantitative estimate of drug-likeness (QED) is 0.860. The number of carbonyl (C=O) groups is 2. The highest BCUT2D eigenvalue weighted by Gasteiger charge is 2.30. The van der Waals surface area contributed by atoms with Crippen molar-refractivity contribution in [3.63, 3.8) is 0 Å². The monoisotopic (exact) mass is 345 g/mol. The Hall–Kier alpha value is -2.90. The molecule has 1 N–H and O–H groups in total. The maximum atomic E-state index is 13.0. The molecule has 1 aliphatic rings. The Balaban J connectivity index is 1.48. The number of aryl methyl sites for hydroxylation is 1. The summed E-state index contributed by atoms with van der Waals surface area (Å²) >= 11 is 0. The van der Waals surface area contributed by atoms with E-state index in [4.69, 9.17) is 0 Å². The first-order valence-electron chi connectivity index (χ1n) is 8.11. The summed E-state index contributed by atoms with van der Waals surface area (Å²) in [6, 6.07) is 5.51. The van der Waals surface area contributed by atoms with Gasteiger partial charge in [0.2, 0.25) is 5.91 Å². The molecule has 1 aliphatic heterocycles. The highest BCUT2D eigenvalue weighted by molar-refractivity contribution is 5.96. The number of benzene rings is 1. The number of rotatable bonds is 6. The van der Waals surface area contributed by atoms with Crippen LogP contribution < -0.4 is 10.2 Å². The first-order valence-corrected chi connectivity index (χ1v) is 8.11. The van der Waals surface area contributed by atoms with Gasteiger partial charge in [-0.1, -0.05) is 0 Å². The Morgan fingerprint density at radius 1 is 1.28 bits per heavy atom. The molecule has 0 spiro atoms. The Bertz CT molecular complexity index is 759. The number of carbonyl (C=O) groups excluding carboxylic acids is 2. The molecule has 7 nitrogen and oxygen atoms in total. The van der Waals surface area contributed by atoms with Gasteiger partial charge in [-0.15, -0.1) is 0 Å². The number of urea groups is 1. The van der Waals surface area contributed by atoms with Gasteiger partial charge >= 0.3 is 6.03 Å². The zero-order chi connectivity index (χ0) is 17.8. The average molecular weight is 345 g/mol. The molecule has 0 saturated carbocycles. The number of hydrogen-bond acceptors (Lipinski definition) is 3. The van der Waals surface area contributed by atoms with Gasteiger partial charge in [-0.2, -0.15) is 0 Å². The van der Waals surface area contributed by atoms with E-state index >= 15 is 0 Å². The molecule has 1 saturated heterocycles. The van der Waals surface area contributed by atoms with Gasteiger partial charge in [0.25, 0.3) is 0 Å². The largest absolute Gasteiger partial charge is 0.353 e. The third-order valence-electron chi connectivity index (χ3n) is 4.17. The molecule has 2 aromatic rings. The molecule has 0 radical (unpaired) electrons. The lowest BCUT2D eigenvalue weighted by atomic mass is 10.3. The Morgan fingerprint density at radius 2 is 2.04 bits per heavy atom. The van der Waals surface area contributed by atoms with Crippen molar-refractivity contribution in [2.45, 2.75) is 13.5 Å². The topological polar surface area (TPSA) is 70.5 Å². The van der Waals surface area contributed by atoms with Gasteiger partial charge < -0.3 is 14.8 Å². The summed E-state index contributed by atoms with van der Waals surface area (Å²) in [5.74, 6) is 0.339. The number of hydrogen-bond donors (Lipinski definition) is 1. The van der Waals surface area contributed by atoms with Crippen LogP contribution in [0, 0.1) is 12.7 Å². The van der Waals surface area contributed by atoms with Crippen molar-refractivity contribution in [1.29, 1.82) is 0 Å². The lowest BCUT2D eigenvalue weighted by molar-refractivity contribution is -0.121. The number of halogens is 1. The fraction of sp³-hybridized carbons (Fsp3) is 0.353. The molecular weight excluding hydrogens is 325 g/mol. The van der Waals surface area contributed by atoms with Crippen LogP contribution in [0.15, 0.2) is 36.7 Å². The normalized spacial score (nSPS) is 14.2. The molecular formula is C17H20FN5O2. The summed E-state index contributed by atoms with van der Waals surface area (Å²) in [6.07, 6.45) is 3.57. The molecule has 3 amide bonds. The Kier molecular flexibility index (Phi) is 4.97. The molecule has 25 heavy (non-hydrogen) atoms. The van der Waals surface area contributed by atoms with Gasteiger partial charge in [0.05, 0.1) is 0 Å². The van der Waals surface area contributed by atoms with Crippen molar-refractivity contribution in [2.24, 2.45) is 0 Å². The second-order valence-electron chi connectivity index (χ2n) is 5.85.